The molecule has 2 N–H and O–H groups in total. The lowest BCUT2D eigenvalue weighted by Crippen LogP contribution is -2.31. The van der Waals surface area contributed by atoms with Crippen molar-refractivity contribution in [1.82, 2.24) is 19.3 Å². The molecule has 7 nitrogen and oxygen atoms in total. The molecule has 1 amide bonds. The summed E-state index contributed by atoms with van der Waals surface area (Å²) in [6, 6.07) is 35.5. The van der Waals surface area contributed by atoms with Gasteiger partial charge in [-0.2, -0.15) is 4.98 Å². The van der Waals surface area contributed by atoms with E-state index in [1.165, 1.54) is 17.3 Å². The van der Waals surface area contributed by atoms with Gasteiger partial charge in [0.2, 0.25) is 11.1 Å². The lowest BCUT2D eigenvalue weighted by atomic mass is 9.94. The number of hydrogen-bond donors (Lipinski definition) is 2. The number of fused-ring (bicyclic) bond motifs is 2. The second kappa shape index (κ2) is 12.1. The molecule has 0 fully saturated rings. The van der Waals surface area contributed by atoms with Crippen LogP contribution in [0.15, 0.2) is 132 Å². The molecule has 0 saturated carbocycles. The predicted octanol–water partition coefficient (Wildman–Crippen LogP) is 8.15. The Labute approximate surface area is 264 Å². The molecule has 1 aliphatic heterocycles. The van der Waals surface area contributed by atoms with E-state index in [-0.39, 0.29) is 5.91 Å². The Kier molecular flexibility index (Phi) is 7.68. The van der Waals surface area contributed by atoms with Gasteiger partial charge in [0.05, 0.1) is 5.57 Å². The number of thioether (sulfide) groups is 1. The minimum Gasteiger partial charge on any atom is -0.343 e. The zero-order valence-electron chi connectivity index (χ0n) is 23.9. The fourth-order valence-electron chi connectivity index (χ4n) is 5.66. The average molecular weight is 617 g/mol. The van der Waals surface area contributed by atoms with Gasteiger partial charge < -0.3 is 15.2 Å². The number of aromatic nitrogens is 4. The molecule has 6 aromatic rings. The lowest BCUT2D eigenvalue weighted by molar-refractivity contribution is -0.113. The maximum atomic E-state index is 14.1. The molecule has 4 aromatic carbocycles. The van der Waals surface area contributed by atoms with Crippen molar-refractivity contribution < 1.29 is 4.79 Å². The molecule has 9 heteroatoms. The van der Waals surface area contributed by atoms with Crippen molar-refractivity contribution in [3.63, 3.8) is 0 Å². The Morgan fingerprint density at radius 2 is 1.64 bits per heavy atom. The number of anilines is 2. The summed E-state index contributed by atoms with van der Waals surface area (Å²) in [4.78, 5) is 18.9. The van der Waals surface area contributed by atoms with E-state index >= 15 is 0 Å². The minimum absolute atomic E-state index is 0.197. The Morgan fingerprint density at radius 1 is 0.932 bits per heavy atom. The average Bonchev–Trinajstić information content (AvgIpc) is 3.62. The van der Waals surface area contributed by atoms with Gasteiger partial charge in [-0.3, -0.25) is 4.79 Å². The van der Waals surface area contributed by atoms with Gasteiger partial charge in [-0.25, -0.2) is 4.68 Å². The van der Waals surface area contributed by atoms with Crippen molar-refractivity contribution in [1.29, 1.82) is 0 Å². The molecule has 218 valence electrons. The summed E-state index contributed by atoms with van der Waals surface area (Å²) >= 11 is 7.94. The molecule has 0 saturated heterocycles. The molecule has 0 aliphatic carbocycles. The van der Waals surface area contributed by atoms with E-state index in [4.69, 9.17) is 21.7 Å². The first-order valence-corrected chi connectivity index (χ1v) is 15.7. The number of halogens is 1. The van der Waals surface area contributed by atoms with Crippen molar-refractivity contribution in [3.8, 4) is 0 Å². The van der Waals surface area contributed by atoms with Crippen LogP contribution in [0.4, 0.5) is 11.6 Å². The van der Waals surface area contributed by atoms with E-state index in [9.17, 15) is 4.79 Å². The summed E-state index contributed by atoms with van der Waals surface area (Å²) in [5.74, 6) is 1.01. The summed E-state index contributed by atoms with van der Waals surface area (Å²) in [6.07, 6.45) is 2.15. The zero-order chi connectivity index (χ0) is 30.0. The molecular formula is C35H29ClN6OS. The summed E-state index contributed by atoms with van der Waals surface area (Å²) in [6.45, 7) is 2.62. The van der Waals surface area contributed by atoms with Crippen molar-refractivity contribution in [3.05, 3.63) is 148 Å². The molecule has 1 unspecified atom stereocenters. The SMILES string of the molecule is CC1=C(C(=O)Nc2ccccc2)C(c2cn(Cc3ccccc3)c3ccccc23)n2nc(SCc3ccccc3Cl)nc2N1. The van der Waals surface area contributed by atoms with E-state index in [1.807, 2.05) is 84.4 Å². The highest BCUT2D eigenvalue weighted by molar-refractivity contribution is 7.98. The number of allylic oxidation sites excluding steroid dienone is 1. The van der Waals surface area contributed by atoms with Gasteiger partial charge in [-0.15, -0.1) is 5.10 Å². The van der Waals surface area contributed by atoms with E-state index in [0.29, 0.717) is 34.0 Å². The quantitative estimate of drug-likeness (QED) is 0.169. The van der Waals surface area contributed by atoms with Crippen LogP contribution in [0.25, 0.3) is 10.9 Å². The summed E-state index contributed by atoms with van der Waals surface area (Å²) in [5, 5.41) is 13.8. The number of rotatable bonds is 8. The number of carbonyl (C=O) groups excluding carboxylic acids is 1. The molecule has 2 aromatic heterocycles. The van der Waals surface area contributed by atoms with Gasteiger partial charge >= 0.3 is 0 Å². The predicted molar refractivity (Wildman–Crippen MR) is 178 cm³/mol. The van der Waals surface area contributed by atoms with Gasteiger partial charge in [-0.1, -0.05) is 108 Å². The van der Waals surface area contributed by atoms with Crippen molar-refractivity contribution in [2.24, 2.45) is 0 Å². The van der Waals surface area contributed by atoms with Crippen LogP contribution in [-0.2, 0) is 17.1 Å². The fraction of sp³-hybridized carbons (Fsp3) is 0.114. The number of amides is 1. The van der Waals surface area contributed by atoms with Crippen LogP contribution < -0.4 is 10.6 Å². The molecule has 0 bridgehead atoms. The molecule has 0 radical (unpaired) electrons. The standard InChI is InChI=1S/C35H29ClN6OS/c1-23-31(33(43)38-26-15-6-3-7-16-26)32(42-34(37-23)39-35(40-42)44-22-25-14-8-10-18-29(25)36)28-21-41(20-24-12-4-2-5-13-24)30-19-11-9-17-27(28)30/h2-19,21,32H,20,22H2,1H3,(H,38,43)(H,37,39,40). The first-order valence-electron chi connectivity index (χ1n) is 14.3. The van der Waals surface area contributed by atoms with E-state index in [0.717, 1.165) is 33.4 Å². The van der Waals surface area contributed by atoms with Crippen LogP contribution in [0.1, 0.15) is 29.7 Å². The molecule has 7 rings (SSSR count). The number of hydrogen-bond acceptors (Lipinski definition) is 5. The van der Waals surface area contributed by atoms with Crippen LogP contribution in [-0.4, -0.2) is 25.2 Å². The smallest absolute Gasteiger partial charge is 0.255 e. The Bertz CT molecular complexity index is 2000. The monoisotopic (exact) mass is 616 g/mol. The van der Waals surface area contributed by atoms with E-state index < -0.39 is 6.04 Å². The highest BCUT2D eigenvalue weighted by Crippen LogP contribution is 2.40. The van der Waals surface area contributed by atoms with Gasteiger partial charge in [0, 0.05) is 51.4 Å². The summed E-state index contributed by atoms with van der Waals surface area (Å²) in [7, 11) is 0. The Balaban J connectivity index is 1.33. The van der Waals surface area contributed by atoms with Gasteiger partial charge in [0.15, 0.2) is 0 Å². The maximum absolute atomic E-state index is 14.1. The second-order valence-corrected chi connectivity index (χ2v) is 12.0. The van der Waals surface area contributed by atoms with Crippen LogP contribution in [0.5, 0.6) is 0 Å². The molecular weight excluding hydrogens is 588 g/mol. The Hall–Kier alpha value is -4.79. The van der Waals surface area contributed by atoms with Crippen molar-refractivity contribution >= 4 is 51.8 Å². The molecule has 44 heavy (non-hydrogen) atoms. The number of carbonyl (C=O) groups is 1. The van der Waals surface area contributed by atoms with Gasteiger partial charge in [0.1, 0.15) is 6.04 Å². The molecule has 1 aliphatic rings. The molecule has 0 spiro atoms. The fourth-order valence-corrected chi connectivity index (χ4v) is 6.77. The van der Waals surface area contributed by atoms with Crippen LogP contribution in [0.2, 0.25) is 5.02 Å². The number of nitrogens with one attached hydrogen (secondary N) is 2. The number of benzene rings is 4. The zero-order valence-corrected chi connectivity index (χ0v) is 25.5. The second-order valence-electron chi connectivity index (χ2n) is 10.6. The topological polar surface area (TPSA) is 76.8 Å². The third-order valence-electron chi connectivity index (χ3n) is 7.73. The third-order valence-corrected chi connectivity index (χ3v) is 8.99. The van der Waals surface area contributed by atoms with E-state index in [1.54, 1.807) is 0 Å². The van der Waals surface area contributed by atoms with Gasteiger partial charge in [-0.05, 0) is 42.3 Å². The first kappa shape index (κ1) is 28.0. The highest BCUT2D eigenvalue weighted by atomic mass is 35.5. The highest BCUT2D eigenvalue weighted by Gasteiger charge is 2.36. The maximum Gasteiger partial charge on any atom is 0.255 e. The number of para-hydroxylation sites is 2. The lowest BCUT2D eigenvalue weighted by Gasteiger charge is -2.28. The third kappa shape index (κ3) is 5.50. The summed E-state index contributed by atoms with van der Waals surface area (Å²) in [5.41, 5.74) is 6.30. The minimum atomic E-state index is -0.515. The largest absolute Gasteiger partial charge is 0.343 e. The normalized spacial score (nSPS) is 14.4. The number of nitrogens with zero attached hydrogens (tertiary/aromatic N) is 4. The van der Waals surface area contributed by atoms with E-state index in [2.05, 4.69) is 57.8 Å². The van der Waals surface area contributed by atoms with Crippen LogP contribution in [0, 0.1) is 0 Å². The molecule has 3 heterocycles. The van der Waals surface area contributed by atoms with Crippen LogP contribution in [0.3, 0.4) is 0 Å². The van der Waals surface area contributed by atoms with Gasteiger partial charge in [0.25, 0.3) is 5.91 Å². The van der Waals surface area contributed by atoms with Crippen molar-refractivity contribution in [2.45, 2.75) is 30.4 Å². The Morgan fingerprint density at radius 3 is 2.43 bits per heavy atom. The first-order chi connectivity index (χ1) is 21.5. The van der Waals surface area contributed by atoms with Crippen molar-refractivity contribution in [2.75, 3.05) is 10.6 Å². The summed E-state index contributed by atoms with van der Waals surface area (Å²) < 4.78 is 4.09. The van der Waals surface area contributed by atoms with Crippen LogP contribution >= 0.6 is 23.4 Å². The molecule has 1 atom stereocenters.